The largest absolute Gasteiger partial charge is 0.438 e. The molecule has 0 radical (unpaired) electrons. The lowest BCUT2D eigenvalue weighted by Gasteiger charge is -2.33. The normalized spacial score (nSPS) is 26.7. The Kier molecular flexibility index (Phi) is 4.37. The van der Waals surface area contributed by atoms with E-state index >= 15 is 0 Å². The van der Waals surface area contributed by atoms with Gasteiger partial charge in [-0.15, -0.1) is 0 Å². The molecule has 2 aromatic rings. The summed E-state index contributed by atoms with van der Waals surface area (Å²) in [6, 6.07) is 9.64. The van der Waals surface area contributed by atoms with Crippen LogP contribution in [0.3, 0.4) is 0 Å². The number of ether oxygens (including phenoxy) is 2. The Morgan fingerprint density at radius 2 is 2.00 bits per heavy atom. The number of hydrogen-bond acceptors (Lipinski definition) is 6. The average Bonchev–Trinajstić information content (AvgIpc) is 3.31. The molecule has 8 heteroatoms. The first-order chi connectivity index (χ1) is 12.2. The molecule has 1 N–H and O–H groups in total. The molecule has 0 saturated carbocycles. The van der Waals surface area contributed by atoms with Gasteiger partial charge in [-0.1, -0.05) is 35.5 Å². The molecule has 3 heterocycles. The van der Waals surface area contributed by atoms with Gasteiger partial charge < -0.3 is 14.4 Å². The maximum Gasteiger partial charge on any atom is 0.438 e. The summed E-state index contributed by atoms with van der Waals surface area (Å²) in [7, 11) is 0. The van der Waals surface area contributed by atoms with Crippen LogP contribution in [0.1, 0.15) is 29.8 Å². The minimum atomic E-state index is -0.661. The molecule has 25 heavy (non-hydrogen) atoms. The van der Waals surface area contributed by atoms with Gasteiger partial charge >= 0.3 is 5.76 Å². The number of hydrogen-bond donors (Lipinski definition) is 1. The molecule has 1 aromatic heterocycles. The molecule has 3 atom stereocenters. The van der Waals surface area contributed by atoms with Crippen molar-refractivity contribution in [3.05, 3.63) is 52.3 Å². The number of aromatic amines is 1. The van der Waals surface area contributed by atoms with E-state index in [0.717, 1.165) is 12.0 Å². The van der Waals surface area contributed by atoms with Crippen molar-refractivity contribution < 1.29 is 18.8 Å². The minimum Gasteiger partial charge on any atom is -0.368 e. The van der Waals surface area contributed by atoms with E-state index in [2.05, 4.69) is 14.7 Å². The highest BCUT2D eigenvalue weighted by molar-refractivity contribution is 5.82. The summed E-state index contributed by atoms with van der Waals surface area (Å²) < 4.78 is 16.1. The van der Waals surface area contributed by atoms with Gasteiger partial charge in [0, 0.05) is 19.0 Å². The predicted molar refractivity (Wildman–Crippen MR) is 85.9 cm³/mol. The van der Waals surface area contributed by atoms with Crippen LogP contribution < -0.4 is 5.76 Å². The lowest BCUT2D eigenvalue weighted by molar-refractivity contribution is -0.174. The Morgan fingerprint density at radius 1 is 1.20 bits per heavy atom. The Morgan fingerprint density at radius 3 is 2.76 bits per heavy atom. The molecule has 2 aliphatic heterocycles. The van der Waals surface area contributed by atoms with Crippen LogP contribution in [0.5, 0.6) is 0 Å². The summed E-state index contributed by atoms with van der Waals surface area (Å²) in [6.45, 7) is 1.92. The maximum atomic E-state index is 13.0. The second-order valence-electron chi connectivity index (χ2n) is 6.24. The van der Waals surface area contributed by atoms with Crippen LogP contribution >= 0.6 is 0 Å². The third-order valence-electron chi connectivity index (χ3n) is 4.67. The van der Waals surface area contributed by atoms with Crippen LogP contribution in [-0.2, 0) is 14.3 Å². The van der Waals surface area contributed by atoms with Gasteiger partial charge in [0.25, 0.3) is 5.91 Å². The summed E-state index contributed by atoms with van der Waals surface area (Å²) >= 11 is 0. The molecule has 2 fully saturated rings. The van der Waals surface area contributed by atoms with E-state index in [1.807, 2.05) is 30.3 Å². The average molecular weight is 345 g/mol. The molecule has 8 nitrogen and oxygen atoms in total. The third-order valence-corrected chi connectivity index (χ3v) is 4.67. The van der Waals surface area contributed by atoms with Gasteiger partial charge in [0.05, 0.1) is 13.2 Å². The SMILES string of the molecule is O=C([C@@H]1OCCO[C@@H]1c1ccccc1)N1CCC(c2noc(=O)[nH]2)C1. The molecule has 1 amide bonds. The van der Waals surface area contributed by atoms with Gasteiger partial charge in [0.15, 0.2) is 11.9 Å². The second-order valence-corrected chi connectivity index (χ2v) is 6.24. The van der Waals surface area contributed by atoms with Crippen molar-refractivity contribution in [1.82, 2.24) is 15.0 Å². The highest BCUT2D eigenvalue weighted by atomic mass is 16.6. The van der Waals surface area contributed by atoms with E-state index in [4.69, 9.17) is 9.47 Å². The van der Waals surface area contributed by atoms with Crippen LogP contribution in [0.25, 0.3) is 0 Å². The van der Waals surface area contributed by atoms with Crippen LogP contribution in [0, 0.1) is 0 Å². The third kappa shape index (κ3) is 3.22. The Balaban J connectivity index is 1.48. The summed E-state index contributed by atoms with van der Waals surface area (Å²) in [4.78, 5) is 28.4. The number of likely N-dealkylation sites (tertiary alicyclic amines) is 1. The van der Waals surface area contributed by atoms with Gasteiger partial charge in [-0.25, -0.2) is 4.79 Å². The summed E-state index contributed by atoms with van der Waals surface area (Å²) in [6.07, 6.45) is -0.350. The second kappa shape index (κ2) is 6.81. The highest BCUT2D eigenvalue weighted by Gasteiger charge is 2.40. The quantitative estimate of drug-likeness (QED) is 0.885. The van der Waals surface area contributed by atoms with Crippen LogP contribution in [0.2, 0.25) is 0 Å². The van der Waals surface area contributed by atoms with Gasteiger partial charge in [0.2, 0.25) is 0 Å². The molecular formula is C17H19N3O5. The standard InChI is InChI=1S/C17H19N3O5/c21-16(20-7-6-12(10-20)15-18-17(22)25-19-15)14-13(23-8-9-24-14)11-4-2-1-3-5-11/h1-5,12-14H,6-10H2,(H,18,19,22)/t12?,13-,14-/m1/s1. The van der Waals surface area contributed by atoms with Gasteiger partial charge in [-0.2, -0.15) is 0 Å². The Hall–Kier alpha value is -2.45. The molecule has 4 rings (SSSR count). The minimum absolute atomic E-state index is 0.0323. The predicted octanol–water partition coefficient (Wildman–Crippen LogP) is 0.835. The van der Waals surface area contributed by atoms with E-state index in [1.54, 1.807) is 4.90 Å². The molecule has 0 bridgehead atoms. The first kappa shape index (κ1) is 16.0. The first-order valence-corrected chi connectivity index (χ1v) is 8.35. The van der Waals surface area contributed by atoms with E-state index < -0.39 is 18.0 Å². The topological polar surface area (TPSA) is 97.7 Å². The van der Waals surface area contributed by atoms with Crippen molar-refractivity contribution in [2.75, 3.05) is 26.3 Å². The zero-order chi connectivity index (χ0) is 17.2. The number of H-pyrrole nitrogens is 1. The number of amides is 1. The molecule has 1 aromatic carbocycles. The summed E-state index contributed by atoms with van der Waals surface area (Å²) in [5.41, 5.74) is 0.928. The fourth-order valence-electron chi connectivity index (χ4n) is 3.42. The molecule has 0 aliphatic carbocycles. The smallest absolute Gasteiger partial charge is 0.368 e. The molecular weight excluding hydrogens is 326 g/mol. The van der Waals surface area contributed by atoms with E-state index in [-0.39, 0.29) is 11.8 Å². The van der Waals surface area contributed by atoms with Crippen molar-refractivity contribution in [1.29, 1.82) is 0 Å². The Bertz CT molecular complexity index is 787. The van der Waals surface area contributed by atoms with Crippen molar-refractivity contribution in [3.8, 4) is 0 Å². The van der Waals surface area contributed by atoms with E-state index in [0.29, 0.717) is 32.1 Å². The number of carbonyl (C=O) groups excluding carboxylic acids is 1. The number of carbonyl (C=O) groups is 1. The molecule has 2 saturated heterocycles. The van der Waals surface area contributed by atoms with Crippen molar-refractivity contribution in [2.45, 2.75) is 24.5 Å². The van der Waals surface area contributed by atoms with Crippen LogP contribution in [0.4, 0.5) is 0 Å². The maximum absolute atomic E-state index is 13.0. The molecule has 1 unspecified atom stereocenters. The van der Waals surface area contributed by atoms with Gasteiger partial charge in [-0.3, -0.25) is 14.3 Å². The van der Waals surface area contributed by atoms with Crippen LogP contribution in [-0.4, -0.2) is 53.4 Å². The fourth-order valence-corrected chi connectivity index (χ4v) is 3.42. The zero-order valence-electron chi connectivity index (χ0n) is 13.6. The van der Waals surface area contributed by atoms with Crippen molar-refractivity contribution in [3.63, 3.8) is 0 Å². The van der Waals surface area contributed by atoms with Crippen LogP contribution in [0.15, 0.2) is 39.6 Å². The van der Waals surface area contributed by atoms with Crippen molar-refractivity contribution in [2.24, 2.45) is 0 Å². The first-order valence-electron chi connectivity index (χ1n) is 8.35. The van der Waals surface area contributed by atoms with Gasteiger partial charge in [0.1, 0.15) is 6.10 Å². The van der Waals surface area contributed by atoms with E-state index in [9.17, 15) is 9.59 Å². The van der Waals surface area contributed by atoms with Gasteiger partial charge in [-0.05, 0) is 12.0 Å². The number of nitrogens with one attached hydrogen (secondary N) is 1. The monoisotopic (exact) mass is 345 g/mol. The number of rotatable bonds is 3. The number of nitrogens with zero attached hydrogens (tertiary/aromatic N) is 2. The molecule has 132 valence electrons. The van der Waals surface area contributed by atoms with Crippen molar-refractivity contribution >= 4 is 5.91 Å². The Labute approximate surface area is 143 Å². The summed E-state index contributed by atoms with van der Waals surface area (Å²) in [5, 5.41) is 3.73. The molecule has 0 spiro atoms. The number of aromatic nitrogens is 2. The fraction of sp³-hybridized carbons (Fsp3) is 0.471. The number of benzene rings is 1. The lowest BCUT2D eigenvalue weighted by atomic mass is 10.0. The zero-order valence-corrected chi connectivity index (χ0v) is 13.6. The molecule has 2 aliphatic rings. The summed E-state index contributed by atoms with van der Waals surface area (Å²) in [5.74, 6) is -0.217. The lowest BCUT2D eigenvalue weighted by Crippen LogP contribution is -2.46. The van der Waals surface area contributed by atoms with E-state index in [1.165, 1.54) is 0 Å². The highest BCUT2D eigenvalue weighted by Crippen LogP contribution is 2.31.